The monoisotopic (exact) mass is 252 g/mol. The number of hydrogen-bond donors (Lipinski definition) is 3. The molecule has 1 saturated heterocycles. The van der Waals surface area contributed by atoms with E-state index in [1.165, 1.54) is 6.33 Å². The summed E-state index contributed by atoms with van der Waals surface area (Å²) < 4.78 is 7.22. The van der Waals surface area contributed by atoms with Crippen LogP contribution in [0.5, 0.6) is 0 Å². The van der Waals surface area contributed by atoms with E-state index in [0.29, 0.717) is 23.4 Å². The molecule has 4 N–H and O–H groups in total. The lowest BCUT2D eigenvalue weighted by atomic mass is 10.2. The van der Waals surface area contributed by atoms with Gasteiger partial charge in [-0.1, -0.05) is 0 Å². The Morgan fingerprint density at radius 2 is 2.28 bits per heavy atom. The molecule has 96 valence electrons. The fourth-order valence-corrected chi connectivity index (χ4v) is 2.13. The van der Waals surface area contributed by atoms with Gasteiger partial charge in [0, 0.05) is 6.42 Å². The normalized spacial score (nSPS) is 28.0. The first kappa shape index (κ1) is 11.3. The second kappa shape index (κ2) is 4.16. The molecule has 0 spiro atoms. The summed E-state index contributed by atoms with van der Waals surface area (Å²) in [4.78, 5) is 12.1. The number of nitrogens with two attached hydrogens (primary N) is 1. The molecule has 1 aliphatic rings. The zero-order valence-corrected chi connectivity index (χ0v) is 9.47. The Morgan fingerprint density at radius 1 is 1.44 bits per heavy atom. The number of nitrogen functional groups attached to an aromatic ring is 1. The predicted molar refractivity (Wildman–Crippen MR) is 61.4 cm³/mol. The number of fused-ring (bicyclic) bond motifs is 1. The number of aliphatic hydroxyl groups excluding tert-OH is 2. The number of imidazole rings is 1. The van der Waals surface area contributed by atoms with Gasteiger partial charge in [0.25, 0.3) is 0 Å². The number of hydrogen-bond acceptors (Lipinski definition) is 7. The first-order chi connectivity index (χ1) is 8.70. The second-order valence-corrected chi connectivity index (χ2v) is 4.20. The molecule has 0 radical (unpaired) electrons. The highest BCUT2D eigenvalue weighted by Gasteiger charge is 2.35. The van der Waals surface area contributed by atoms with Crippen molar-refractivity contribution in [1.82, 2.24) is 19.5 Å². The quantitative estimate of drug-likeness (QED) is 0.589. The third-order valence-electron chi connectivity index (χ3n) is 3.08. The Balaban J connectivity index is 1.99. The van der Waals surface area contributed by atoms with Crippen molar-refractivity contribution in [3.05, 3.63) is 12.7 Å². The Bertz CT molecular complexity index is 572. The van der Waals surface area contributed by atoms with Crippen LogP contribution in [0.25, 0.3) is 11.2 Å². The lowest BCUT2D eigenvalue weighted by molar-refractivity contribution is -0.0432. The molecule has 3 atom stereocenters. The Hall–Kier alpha value is -1.77. The summed E-state index contributed by atoms with van der Waals surface area (Å²) in [7, 11) is 0. The van der Waals surface area contributed by atoms with Crippen molar-refractivity contribution in [3.63, 3.8) is 0 Å². The van der Waals surface area contributed by atoms with Crippen LogP contribution < -0.4 is 5.73 Å². The Kier molecular flexibility index (Phi) is 2.62. The predicted octanol–water partition coefficient (Wildman–Crippen LogP) is -0.951. The van der Waals surface area contributed by atoms with Crippen molar-refractivity contribution in [3.8, 4) is 0 Å². The highest BCUT2D eigenvalue weighted by atomic mass is 16.5. The zero-order chi connectivity index (χ0) is 12.7. The molecule has 1 fully saturated rings. The Labute approximate surface area is 102 Å². The molecule has 0 aliphatic carbocycles. The number of aliphatic hydroxyl groups is 2. The lowest BCUT2D eigenvalue weighted by Crippen LogP contribution is -2.24. The van der Waals surface area contributed by atoms with Gasteiger partial charge in [0.05, 0.1) is 19.0 Å². The van der Waals surface area contributed by atoms with Gasteiger partial charge in [0.1, 0.15) is 24.2 Å². The summed E-state index contributed by atoms with van der Waals surface area (Å²) in [6.07, 6.45) is 1.60. The van der Waals surface area contributed by atoms with E-state index in [4.69, 9.17) is 15.6 Å². The maximum Gasteiger partial charge on any atom is 0.167 e. The first-order valence-electron chi connectivity index (χ1n) is 5.58. The van der Waals surface area contributed by atoms with Crippen LogP contribution in [-0.2, 0) is 4.74 Å². The van der Waals surface area contributed by atoms with Crippen LogP contribution >= 0.6 is 0 Å². The number of ether oxygens (including phenoxy) is 1. The summed E-state index contributed by atoms with van der Waals surface area (Å²) in [5, 5.41) is 18.8. The minimum absolute atomic E-state index is 0.221. The van der Waals surface area contributed by atoms with Crippen molar-refractivity contribution in [2.24, 2.45) is 0 Å². The maximum atomic E-state index is 9.71. The van der Waals surface area contributed by atoms with Crippen molar-refractivity contribution in [1.29, 1.82) is 0 Å². The molecule has 18 heavy (non-hydrogen) atoms. The van der Waals surface area contributed by atoms with Crippen LogP contribution in [0.4, 0.5) is 5.82 Å². The number of rotatable bonds is 2. The molecular formula is C10H13N5O3. The van der Waals surface area contributed by atoms with Gasteiger partial charge in [-0.05, 0) is 0 Å². The largest absolute Gasteiger partial charge is 0.394 e. The van der Waals surface area contributed by atoms with Gasteiger partial charge in [-0.3, -0.25) is 4.57 Å². The molecule has 0 aromatic carbocycles. The molecule has 0 unspecified atom stereocenters. The van der Waals surface area contributed by atoms with E-state index < -0.39 is 18.4 Å². The van der Waals surface area contributed by atoms with E-state index >= 15 is 0 Å². The molecule has 3 heterocycles. The average molecular weight is 252 g/mol. The van der Waals surface area contributed by atoms with Gasteiger partial charge in [0.2, 0.25) is 0 Å². The molecule has 2 aromatic heterocycles. The SMILES string of the molecule is [15NH2]c1ncnc2c1ncn2[C@H]1C[C@H](O)[C@@H](CO)O1. The minimum atomic E-state index is -0.698. The molecule has 0 bridgehead atoms. The van der Waals surface area contributed by atoms with Crippen LogP contribution in [0, 0.1) is 0 Å². The summed E-state index contributed by atoms with van der Waals surface area (Å²) in [5.41, 5.74) is 6.75. The van der Waals surface area contributed by atoms with E-state index in [1.807, 2.05) is 0 Å². The van der Waals surface area contributed by atoms with Crippen LogP contribution in [0.2, 0.25) is 0 Å². The van der Waals surface area contributed by atoms with E-state index in [-0.39, 0.29) is 6.61 Å². The molecule has 3 rings (SSSR count). The molecule has 0 amide bonds. The van der Waals surface area contributed by atoms with Crippen molar-refractivity contribution in [2.75, 3.05) is 12.3 Å². The maximum absolute atomic E-state index is 9.71. The van der Waals surface area contributed by atoms with Gasteiger partial charge >= 0.3 is 0 Å². The van der Waals surface area contributed by atoms with Gasteiger partial charge in [-0.25, -0.2) is 15.0 Å². The van der Waals surface area contributed by atoms with E-state index in [9.17, 15) is 5.11 Å². The summed E-state index contributed by atoms with van der Waals surface area (Å²) in [6.45, 7) is -0.221. The van der Waals surface area contributed by atoms with Crippen molar-refractivity contribution in [2.45, 2.75) is 24.9 Å². The molecule has 0 saturated carbocycles. The van der Waals surface area contributed by atoms with Gasteiger partial charge < -0.3 is 20.7 Å². The van der Waals surface area contributed by atoms with Crippen LogP contribution in [-0.4, -0.2) is 48.5 Å². The number of nitrogens with zero attached hydrogens (tertiary/aromatic N) is 4. The van der Waals surface area contributed by atoms with Gasteiger partial charge in [-0.2, -0.15) is 0 Å². The Morgan fingerprint density at radius 3 is 3.00 bits per heavy atom. The molecule has 8 heteroatoms. The third kappa shape index (κ3) is 1.62. The summed E-state index contributed by atoms with van der Waals surface area (Å²) in [6, 6.07) is 0. The fourth-order valence-electron chi connectivity index (χ4n) is 2.13. The fraction of sp³-hybridized carbons (Fsp3) is 0.500. The average Bonchev–Trinajstić information content (AvgIpc) is 2.93. The second-order valence-electron chi connectivity index (χ2n) is 4.20. The van der Waals surface area contributed by atoms with E-state index in [2.05, 4.69) is 15.0 Å². The lowest BCUT2D eigenvalue weighted by Gasteiger charge is -2.13. The van der Waals surface area contributed by atoms with Crippen LogP contribution in [0.1, 0.15) is 12.6 Å². The third-order valence-corrected chi connectivity index (χ3v) is 3.08. The van der Waals surface area contributed by atoms with Crippen LogP contribution in [0.15, 0.2) is 12.7 Å². The smallest absolute Gasteiger partial charge is 0.167 e. The minimum Gasteiger partial charge on any atom is -0.394 e. The number of aromatic nitrogens is 4. The topological polar surface area (TPSA) is 119 Å². The highest BCUT2D eigenvalue weighted by Crippen LogP contribution is 2.30. The van der Waals surface area contributed by atoms with E-state index in [1.54, 1.807) is 10.9 Å². The standard InChI is InChI=1S/C10H13N5O3/c11-9-8-10(13-3-12-9)15(4-14-8)7-1-5(17)6(2-16)18-7/h3-7,16-17H,1-2H2,(H2,11,12,13)/t5-,6+,7+/m0/s1/i11+1. The van der Waals surface area contributed by atoms with Crippen molar-refractivity contribution >= 4 is 17.0 Å². The van der Waals surface area contributed by atoms with Crippen LogP contribution in [0.3, 0.4) is 0 Å². The molecule has 1 aliphatic heterocycles. The summed E-state index contributed by atoms with van der Waals surface area (Å²) >= 11 is 0. The highest BCUT2D eigenvalue weighted by molar-refractivity contribution is 5.81. The van der Waals surface area contributed by atoms with Crippen molar-refractivity contribution < 1.29 is 14.9 Å². The molecular weight excluding hydrogens is 239 g/mol. The van der Waals surface area contributed by atoms with Gasteiger partial charge in [0.15, 0.2) is 11.5 Å². The molecule has 2 aromatic rings. The molecule has 8 nitrogen and oxygen atoms in total. The van der Waals surface area contributed by atoms with Gasteiger partial charge in [-0.15, -0.1) is 0 Å². The summed E-state index contributed by atoms with van der Waals surface area (Å²) in [5.74, 6) is 0.302. The number of anilines is 1. The zero-order valence-electron chi connectivity index (χ0n) is 9.47. The first-order valence-corrected chi connectivity index (χ1v) is 5.58. The van der Waals surface area contributed by atoms with E-state index in [0.717, 1.165) is 0 Å².